The summed E-state index contributed by atoms with van der Waals surface area (Å²) in [6.07, 6.45) is 4.08. The van der Waals surface area contributed by atoms with Crippen LogP contribution in [0.5, 0.6) is 0 Å². The lowest BCUT2D eigenvalue weighted by Gasteiger charge is -2.38. The summed E-state index contributed by atoms with van der Waals surface area (Å²) in [7, 11) is 0. The maximum absolute atomic E-state index is 12.6. The maximum Gasteiger partial charge on any atom is 0.239 e. The Hall–Kier alpha value is -1.88. The van der Waals surface area contributed by atoms with Gasteiger partial charge in [-0.25, -0.2) is 0 Å². The summed E-state index contributed by atoms with van der Waals surface area (Å²) in [5.74, 6) is 0.239. The second-order valence-corrected chi connectivity index (χ2v) is 6.57. The average Bonchev–Trinajstić information content (AvgIpc) is 3.01. The number of nitrogens with zero attached hydrogens (tertiary/aromatic N) is 2. The first kappa shape index (κ1) is 16.0. The van der Waals surface area contributed by atoms with Crippen LogP contribution in [0.25, 0.3) is 0 Å². The van der Waals surface area contributed by atoms with Gasteiger partial charge in [-0.2, -0.15) is 0 Å². The van der Waals surface area contributed by atoms with Crippen molar-refractivity contribution in [3.8, 4) is 0 Å². The molecule has 3 rings (SSSR count). The Morgan fingerprint density at radius 3 is 2.70 bits per heavy atom. The molecule has 1 unspecified atom stereocenters. The highest BCUT2D eigenvalue weighted by Crippen LogP contribution is 2.22. The number of piperidine rings is 1. The molecule has 5 heteroatoms. The summed E-state index contributed by atoms with van der Waals surface area (Å²) >= 11 is 0. The number of carbonyl (C=O) groups excluding carboxylic acids is 2. The molecular formula is C18H25N3O2. The second kappa shape index (κ2) is 7.13. The van der Waals surface area contributed by atoms with Gasteiger partial charge in [0.2, 0.25) is 11.8 Å². The first-order valence-corrected chi connectivity index (χ1v) is 8.53. The number of benzene rings is 1. The minimum Gasteiger partial charge on any atom is -0.339 e. The van der Waals surface area contributed by atoms with Gasteiger partial charge in [0.25, 0.3) is 0 Å². The standard InChI is InChI=1S/C18H25N3O2/c19-16(12-14-6-2-1-3-7-14)18(23)20-10-4-8-15(13-20)21-11-5-9-17(21)22/h1-3,6-7,15-16H,4-5,8-13,19H2/t15?,16-/m0/s1. The summed E-state index contributed by atoms with van der Waals surface area (Å²) in [5, 5.41) is 0. The molecule has 2 fully saturated rings. The molecular weight excluding hydrogens is 290 g/mol. The highest BCUT2D eigenvalue weighted by molar-refractivity contribution is 5.82. The summed E-state index contributed by atoms with van der Waals surface area (Å²) < 4.78 is 0. The molecule has 0 spiro atoms. The lowest BCUT2D eigenvalue weighted by molar-refractivity contribution is -0.138. The van der Waals surface area contributed by atoms with E-state index < -0.39 is 6.04 Å². The molecule has 0 aromatic heterocycles. The molecule has 0 saturated carbocycles. The number of hydrogen-bond donors (Lipinski definition) is 1. The van der Waals surface area contributed by atoms with Gasteiger partial charge in [0.05, 0.1) is 6.04 Å². The predicted octanol–water partition coefficient (Wildman–Crippen LogP) is 1.17. The molecule has 2 heterocycles. The third kappa shape index (κ3) is 3.72. The minimum absolute atomic E-state index is 0.00481. The first-order chi connectivity index (χ1) is 11.1. The van der Waals surface area contributed by atoms with Gasteiger partial charge in [-0.3, -0.25) is 9.59 Å². The van der Waals surface area contributed by atoms with Crippen molar-refractivity contribution in [2.24, 2.45) is 5.73 Å². The second-order valence-electron chi connectivity index (χ2n) is 6.57. The lowest BCUT2D eigenvalue weighted by Crippen LogP contribution is -2.54. The number of carbonyl (C=O) groups is 2. The van der Waals surface area contributed by atoms with Crippen LogP contribution < -0.4 is 5.73 Å². The third-order valence-electron chi connectivity index (χ3n) is 4.87. The normalized spacial score (nSPS) is 23.2. The molecule has 1 aromatic rings. The third-order valence-corrected chi connectivity index (χ3v) is 4.87. The Bertz CT molecular complexity index is 561. The molecule has 2 aliphatic rings. The smallest absolute Gasteiger partial charge is 0.239 e. The zero-order valence-corrected chi connectivity index (χ0v) is 13.5. The van der Waals surface area contributed by atoms with Gasteiger partial charge in [0.15, 0.2) is 0 Å². The Kier molecular flexibility index (Phi) is 4.96. The number of rotatable bonds is 4. The average molecular weight is 315 g/mol. The van der Waals surface area contributed by atoms with Crippen molar-refractivity contribution >= 4 is 11.8 Å². The molecule has 2 N–H and O–H groups in total. The quantitative estimate of drug-likeness (QED) is 0.907. The van der Waals surface area contributed by atoms with Gasteiger partial charge in [-0.15, -0.1) is 0 Å². The summed E-state index contributed by atoms with van der Waals surface area (Å²) in [6, 6.07) is 9.53. The van der Waals surface area contributed by atoms with Crippen LogP contribution in [0.15, 0.2) is 30.3 Å². The minimum atomic E-state index is -0.509. The van der Waals surface area contributed by atoms with Crippen molar-refractivity contribution in [1.82, 2.24) is 9.80 Å². The fraction of sp³-hybridized carbons (Fsp3) is 0.556. The van der Waals surface area contributed by atoms with Gasteiger partial charge in [0, 0.05) is 32.1 Å². The molecule has 0 bridgehead atoms. The zero-order chi connectivity index (χ0) is 16.2. The van der Waals surface area contributed by atoms with Crippen LogP contribution in [0.3, 0.4) is 0 Å². The summed E-state index contributed by atoms with van der Waals surface area (Å²) in [5.41, 5.74) is 7.21. The molecule has 2 saturated heterocycles. The van der Waals surface area contributed by atoms with Crippen LogP contribution in [-0.4, -0.2) is 53.3 Å². The van der Waals surface area contributed by atoms with Gasteiger partial charge < -0.3 is 15.5 Å². The molecule has 0 aliphatic carbocycles. The molecule has 1 aromatic carbocycles. The van der Waals surface area contributed by atoms with E-state index in [0.29, 0.717) is 19.4 Å². The zero-order valence-electron chi connectivity index (χ0n) is 13.5. The van der Waals surface area contributed by atoms with Gasteiger partial charge in [0.1, 0.15) is 0 Å². The molecule has 2 aliphatic heterocycles. The van der Waals surface area contributed by atoms with Crippen molar-refractivity contribution in [3.63, 3.8) is 0 Å². The highest BCUT2D eigenvalue weighted by atomic mass is 16.2. The van der Waals surface area contributed by atoms with Crippen molar-refractivity contribution in [2.75, 3.05) is 19.6 Å². The molecule has 5 nitrogen and oxygen atoms in total. The van der Waals surface area contributed by atoms with Crippen molar-refractivity contribution < 1.29 is 9.59 Å². The van der Waals surface area contributed by atoms with Crippen molar-refractivity contribution in [3.05, 3.63) is 35.9 Å². The Balaban J connectivity index is 1.59. The fourth-order valence-corrected chi connectivity index (χ4v) is 3.65. The number of hydrogen-bond acceptors (Lipinski definition) is 3. The number of likely N-dealkylation sites (tertiary alicyclic amines) is 2. The van der Waals surface area contributed by atoms with Crippen molar-refractivity contribution in [2.45, 2.75) is 44.2 Å². The van der Waals surface area contributed by atoms with E-state index in [4.69, 9.17) is 5.73 Å². The molecule has 2 atom stereocenters. The summed E-state index contributed by atoms with van der Waals surface area (Å²) in [4.78, 5) is 28.4. The Morgan fingerprint density at radius 1 is 1.22 bits per heavy atom. The SMILES string of the molecule is N[C@@H](Cc1ccccc1)C(=O)N1CCCC(N2CCCC2=O)C1. The van der Waals surface area contributed by atoms with E-state index >= 15 is 0 Å². The van der Waals surface area contributed by atoms with Crippen LogP contribution in [0.1, 0.15) is 31.2 Å². The molecule has 2 amide bonds. The van der Waals surface area contributed by atoms with E-state index in [1.165, 1.54) is 0 Å². The van der Waals surface area contributed by atoms with Crippen LogP contribution in [0.2, 0.25) is 0 Å². The Morgan fingerprint density at radius 2 is 2.00 bits per heavy atom. The van der Waals surface area contributed by atoms with E-state index in [1.54, 1.807) is 0 Å². The van der Waals surface area contributed by atoms with E-state index in [1.807, 2.05) is 40.1 Å². The van der Waals surface area contributed by atoms with Crippen molar-refractivity contribution in [1.29, 1.82) is 0 Å². The predicted molar refractivity (Wildman–Crippen MR) is 88.7 cm³/mol. The number of amides is 2. The van der Waals surface area contributed by atoms with Crippen LogP contribution in [-0.2, 0) is 16.0 Å². The van der Waals surface area contributed by atoms with Crippen LogP contribution in [0, 0.1) is 0 Å². The molecule has 23 heavy (non-hydrogen) atoms. The monoisotopic (exact) mass is 315 g/mol. The van der Waals surface area contributed by atoms with E-state index in [-0.39, 0.29) is 17.9 Å². The maximum atomic E-state index is 12.6. The molecule has 124 valence electrons. The fourth-order valence-electron chi connectivity index (χ4n) is 3.65. The first-order valence-electron chi connectivity index (χ1n) is 8.53. The molecule has 0 radical (unpaired) electrons. The largest absolute Gasteiger partial charge is 0.339 e. The highest BCUT2D eigenvalue weighted by Gasteiger charge is 2.33. The van der Waals surface area contributed by atoms with Gasteiger partial charge in [-0.1, -0.05) is 30.3 Å². The van der Waals surface area contributed by atoms with E-state index in [0.717, 1.165) is 37.9 Å². The van der Waals surface area contributed by atoms with E-state index in [2.05, 4.69) is 0 Å². The van der Waals surface area contributed by atoms with E-state index in [9.17, 15) is 9.59 Å². The topological polar surface area (TPSA) is 66.6 Å². The Labute approximate surface area is 137 Å². The van der Waals surface area contributed by atoms with Gasteiger partial charge >= 0.3 is 0 Å². The van der Waals surface area contributed by atoms with Gasteiger partial charge in [-0.05, 0) is 31.2 Å². The van der Waals surface area contributed by atoms with Crippen LogP contribution >= 0.6 is 0 Å². The lowest BCUT2D eigenvalue weighted by atomic mass is 10.0. The van der Waals surface area contributed by atoms with Crippen LogP contribution in [0.4, 0.5) is 0 Å². The number of nitrogens with two attached hydrogens (primary N) is 1. The summed E-state index contributed by atoms with van der Waals surface area (Å²) in [6.45, 7) is 2.22.